The molecule has 1 aliphatic carbocycles. The van der Waals surface area contributed by atoms with Crippen molar-refractivity contribution in [2.75, 3.05) is 0 Å². The van der Waals surface area contributed by atoms with Gasteiger partial charge < -0.3 is 5.11 Å². The van der Waals surface area contributed by atoms with Gasteiger partial charge in [-0.1, -0.05) is 48.5 Å². The van der Waals surface area contributed by atoms with Crippen molar-refractivity contribution in [3.8, 4) is 0 Å². The molecule has 0 amide bonds. The lowest BCUT2D eigenvalue weighted by atomic mass is 9.87. The Morgan fingerprint density at radius 2 is 1.65 bits per heavy atom. The lowest BCUT2D eigenvalue weighted by molar-refractivity contribution is 0.158. The standard InChI is InChI=1S/C21H17NO/c23-18-7-3-5-14-9-11-16-12-15-10-8-13-4-1-2-6-17(13)20(15)22-21(16)19(14)18/h1-2,4,6,8-12,18,23H,3,5,7H2. The van der Waals surface area contributed by atoms with Crippen LogP contribution in [0.2, 0.25) is 0 Å². The number of benzene rings is 3. The third-order valence-electron chi connectivity index (χ3n) is 5.06. The molecule has 0 aliphatic heterocycles. The summed E-state index contributed by atoms with van der Waals surface area (Å²) in [4.78, 5) is 5.01. The van der Waals surface area contributed by atoms with Crippen LogP contribution >= 0.6 is 0 Å². The molecule has 23 heavy (non-hydrogen) atoms. The van der Waals surface area contributed by atoms with E-state index in [1.54, 1.807) is 0 Å². The predicted molar refractivity (Wildman–Crippen MR) is 94.7 cm³/mol. The van der Waals surface area contributed by atoms with Gasteiger partial charge in [0.05, 0.1) is 17.1 Å². The lowest BCUT2D eigenvalue weighted by Crippen LogP contribution is -2.10. The van der Waals surface area contributed by atoms with Crippen molar-refractivity contribution in [1.29, 1.82) is 0 Å². The van der Waals surface area contributed by atoms with E-state index in [0.29, 0.717) is 0 Å². The van der Waals surface area contributed by atoms with Crippen LogP contribution in [-0.4, -0.2) is 10.1 Å². The zero-order valence-corrected chi connectivity index (χ0v) is 12.8. The first-order valence-electron chi connectivity index (χ1n) is 8.23. The van der Waals surface area contributed by atoms with Crippen LogP contribution < -0.4 is 0 Å². The molecule has 3 aromatic carbocycles. The summed E-state index contributed by atoms with van der Waals surface area (Å²) in [7, 11) is 0. The van der Waals surface area contributed by atoms with E-state index in [1.807, 2.05) is 0 Å². The number of hydrogen-bond donors (Lipinski definition) is 1. The quantitative estimate of drug-likeness (QED) is 0.369. The second-order valence-electron chi connectivity index (χ2n) is 6.46. The van der Waals surface area contributed by atoms with E-state index in [2.05, 4.69) is 54.6 Å². The minimum absolute atomic E-state index is 0.387. The Bertz CT molecular complexity index is 1070. The summed E-state index contributed by atoms with van der Waals surface area (Å²) < 4.78 is 0. The van der Waals surface area contributed by atoms with Crippen LogP contribution in [0.4, 0.5) is 0 Å². The molecule has 1 aromatic heterocycles. The van der Waals surface area contributed by atoms with Crippen LogP contribution in [-0.2, 0) is 6.42 Å². The Kier molecular flexibility index (Phi) is 2.70. The molecule has 1 unspecified atom stereocenters. The van der Waals surface area contributed by atoms with E-state index in [9.17, 15) is 5.11 Å². The lowest BCUT2D eigenvalue weighted by Gasteiger charge is -2.22. The van der Waals surface area contributed by atoms with E-state index in [4.69, 9.17) is 4.98 Å². The van der Waals surface area contributed by atoms with Crippen LogP contribution in [0.25, 0.3) is 32.6 Å². The summed E-state index contributed by atoms with van der Waals surface area (Å²) in [6.07, 6.45) is 2.54. The number of aliphatic hydroxyl groups is 1. The molecule has 0 spiro atoms. The first kappa shape index (κ1) is 13.0. The average Bonchev–Trinajstić information content (AvgIpc) is 2.60. The highest BCUT2D eigenvalue weighted by Gasteiger charge is 2.21. The maximum absolute atomic E-state index is 10.5. The molecule has 0 saturated carbocycles. The number of aryl methyl sites for hydroxylation is 1. The smallest absolute Gasteiger partial charge is 0.0814 e. The summed E-state index contributed by atoms with van der Waals surface area (Å²) >= 11 is 0. The average molecular weight is 299 g/mol. The van der Waals surface area contributed by atoms with E-state index in [-0.39, 0.29) is 6.10 Å². The fraction of sp³-hybridized carbons (Fsp3) is 0.190. The van der Waals surface area contributed by atoms with Gasteiger partial charge in [-0.05, 0) is 36.3 Å². The largest absolute Gasteiger partial charge is 0.388 e. The monoisotopic (exact) mass is 299 g/mol. The molecule has 2 heteroatoms. The maximum Gasteiger partial charge on any atom is 0.0814 e. The van der Waals surface area contributed by atoms with E-state index in [0.717, 1.165) is 46.6 Å². The van der Waals surface area contributed by atoms with Gasteiger partial charge in [-0.25, -0.2) is 4.98 Å². The van der Waals surface area contributed by atoms with Gasteiger partial charge in [0.25, 0.3) is 0 Å². The van der Waals surface area contributed by atoms with Gasteiger partial charge in [0.1, 0.15) is 0 Å². The third-order valence-corrected chi connectivity index (χ3v) is 5.06. The summed E-state index contributed by atoms with van der Waals surface area (Å²) in [5, 5.41) is 15.2. The highest BCUT2D eigenvalue weighted by Crippen LogP contribution is 2.36. The molecule has 1 aliphatic rings. The van der Waals surface area contributed by atoms with Crippen LogP contribution in [0, 0.1) is 0 Å². The Labute approximate surface area is 134 Å². The predicted octanol–water partition coefficient (Wildman–Crippen LogP) is 4.91. The summed E-state index contributed by atoms with van der Waals surface area (Å²) in [6, 6.07) is 19.2. The number of aliphatic hydroxyl groups excluding tert-OH is 1. The van der Waals surface area contributed by atoms with Crippen molar-refractivity contribution in [1.82, 2.24) is 4.98 Å². The Hall–Kier alpha value is -2.45. The molecule has 5 rings (SSSR count). The first-order chi connectivity index (χ1) is 11.3. The van der Waals surface area contributed by atoms with Crippen molar-refractivity contribution in [3.63, 3.8) is 0 Å². The van der Waals surface area contributed by atoms with Crippen molar-refractivity contribution in [2.45, 2.75) is 25.4 Å². The van der Waals surface area contributed by atoms with Crippen molar-refractivity contribution >= 4 is 32.6 Å². The van der Waals surface area contributed by atoms with E-state index >= 15 is 0 Å². The van der Waals surface area contributed by atoms with Gasteiger partial charge in [0.2, 0.25) is 0 Å². The summed E-state index contributed by atoms with van der Waals surface area (Å²) in [5.74, 6) is 0. The van der Waals surface area contributed by atoms with Crippen molar-refractivity contribution in [2.24, 2.45) is 0 Å². The molecular formula is C21H17NO. The molecule has 4 aromatic rings. The molecule has 0 saturated heterocycles. The molecule has 2 nitrogen and oxygen atoms in total. The number of pyridine rings is 1. The van der Waals surface area contributed by atoms with Gasteiger partial charge in [-0.15, -0.1) is 0 Å². The molecule has 0 fully saturated rings. The van der Waals surface area contributed by atoms with E-state index in [1.165, 1.54) is 16.3 Å². The summed E-state index contributed by atoms with van der Waals surface area (Å²) in [6.45, 7) is 0. The number of rotatable bonds is 0. The number of fused-ring (bicyclic) bond motifs is 6. The first-order valence-corrected chi connectivity index (χ1v) is 8.23. The zero-order valence-electron chi connectivity index (χ0n) is 12.8. The van der Waals surface area contributed by atoms with Crippen LogP contribution in [0.15, 0.2) is 54.6 Å². The number of hydrogen-bond acceptors (Lipinski definition) is 2. The zero-order chi connectivity index (χ0) is 15.4. The highest BCUT2D eigenvalue weighted by atomic mass is 16.3. The fourth-order valence-corrected chi connectivity index (χ4v) is 3.92. The Balaban J connectivity index is 1.95. The molecule has 1 heterocycles. The van der Waals surface area contributed by atoms with Gasteiger partial charge >= 0.3 is 0 Å². The minimum Gasteiger partial charge on any atom is -0.388 e. The third kappa shape index (κ3) is 1.88. The topological polar surface area (TPSA) is 33.1 Å². The second kappa shape index (κ2) is 4.77. The molecule has 1 N–H and O–H groups in total. The van der Waals surface area contributed by atoms with Gasteiger partial charge in [-0.2, -0.15) is 0 Å². The van der Waals surface area contributed by atoms with Crippen LogP contribution in [0.5, 0.6) is 0 Å². The molecule has 0 bridgehead atoms. The SMILES string of the molecule is OC1CCCc2ccc3cc4ccc5ccccc5c4nc3c21. The fourth-order valence-electron chi connectivity index (χ4n) is 3.92. The van der Waals surface area contributed by atoms with Gasteiger partial charge in [0, 0.05) is 21.7 Å². The highest BCUT2D eigenvalue weighted by molar-refractivity contribution is 6.08. The Morgan fingerprint density at radius 3 is 2.61 bits per heavy atom. The van der Waals surface area contributed by atoms with Crippen molar-refractivity contribution < 1.29 is 5.11 Å². The molecule has 0 radical (unpaired) electrons. The second-order valence-corrected chi connectivity index (χ2v) is 6.46. The van der Waals surface area contributed by atoms with Crippen LogP contribution in [0.1, 0.15) is 30.1 Å². The molecule has 1 atom stereocenters. The van der Waals surface area contributed by atoms with Gasteiger partial charge in [0.15, 0.2) is 0 Å². The molecular weight excluding hydrogens is 282 g/mol. The minimum atomic E-state index is -0.387. The number of nitrogens with zero attached hydrogens (tertiary/aromatic N) is 1. The van der Waals surface area contributed by atoms with E-state index < -0.39 is 0 Å². The molecule has 112 valence electrons. The Morgan fingerprint density at radius 1 is 0.870 bits per heavy atom. The number of aromatic nitrogens is 1. The van der Waals surface area contributed by atoms with Crippen molar-refractivity contribution in [3.05, 3.63) is 65.7 Å². The maximum atomic E-state index is 10.5. The van der Waals surface area contributed by atoms with Gasteiger partial charge in [-0.3, -0.25) is 0 Å². The van der Waals surface area contributed by atoms with Crippen LogP contribution in [0.3, 0.4) is 0 Å². The summed E-state index contributed by atoms with van der Waals surface area (Å²) in [5.41, 5.74) is 4.30. The normalized spacial score (nSPS) is 17.7.